The number of aryl methyl sites for hydroxylation is 1. The van der Waals surface area contributed by atoms with Gasteiger partial charge in [0.05, 0.1) is 17.7 Å². The molecule has 8 heteroatoms. The smallest absolute Gasteiger partial charge is 0.295 e. The molecule has 0 saturated heterocycles. The third kappa shape index (κ3) is 4.39. The number of hydrogen-bond acceptors (Lipinski definition) is 7. The summed E-state index contributed by atoms with van der Waals surface area (Å²) in [5.41, 5.74) is 0.277. The zero-order valence-corrected chi connectivity index (χ0v) is 17.0. The van der Waals surface area contributed by atoms with Crippen molar-refractivity contribution in [2.75, 3.05) is 13.2 Å². The summed E-state index contributed by atoms with van der Waals surface area (Å²) in [5.74, 6) is 1.33. The summed E-state index contributed by atoms with van der Waals surface area (Å²) < 4.78 is 13.2. The van der Waals surface area contributed by atoms with Gasteiger partial charge >= 0.3 is 0 Å². The van der Waals surface area contributed by atoms with Crippen molar-refractivity contribution >= 4 is 22.4 Å². The van der Waals surface area contributed by atoms with Gasteiger partial charge in [0.1, 0.15) is 5.69 Å². The molecule has 28 heavy (non-hydrogen) atoms. The van der Waals surface area contributed by atoms with Gasteiger partial charge in [-0.3, -0.25) is 9.59 Å². The molecule has 0 fully saturated rings. The van der Waals surface area contributed by atoms with E-state index in [-0.39, 0.29) is 16.2 Å². The predicted octanol–water partition coefficient (Wildman–Crippen LogP) is 2.34. The average molecular weight is 401 g/mol. The number of thiazole rings is 1. The lowest BCUT2D eigenvalue weighted by atomic mass is 10.2. The van der Waals surface area contributed by atoms with E-state index in [0.717, 1.165) is 36.2 Å². The van der Waals surface area contributed by atoms with Gasteiger partial charge in [-0.2, -0.15) is 14.6 Å². The van der Waals surface area contributed by atoms with Crippen LogP contribution >= 0.6 is 11.3 Å². The topological polar surface area (TPSA) is 82.8 Å². The highest BCUT2D eigenvalue weighted by atomic mass is 32.1. The van der Waals surface area contributed by atoms with Gasteiger partial charge in [-0.25, -0.2) is 0 Å². The van der Waals surface area contributed by atoms with Gasteiger partial charge in [-0.1, -0.05) is 37.2 Å². The normalized spacial score (nSPS) is 11.9. The van der Waals surface area contributed by atoms with Crippen molar-refractivity contribution < 1.29 is 9.47 Å². The van der Waals surface area contributed by atoms with Gasteiger partial charge in [0, 0.05) is 0 Å². The van der Waals surface area contributed by atoms with Crippen LogP contribution in [0.5, 0.6) is 11.5 Å². The molecule has 7 nitrogen and oxygen atoms in total. The van der Waals surface area contributed by atoms with E-state index in [4.69, 9.17) is 9.47 Å². The fourth-order valence-corrected chi connectivity index (χ4v) is 3.58. The Morgan fingerprint density at radius 1 is 1.14 bits per heavy atom. The lowest BCUT2D eigenvalue weighted by molar-refractivity contribution is 0.271. The summed E-state index contributed by atoms with van der Waals surface area (Å²) in [7, 11) is 0. The average Bonchev–Trinajstić information content (AvgIpc) is 2.96. The molecule has 0 aliphatic carbocycles. The number of unbranched alkanes of at least 4 members (excludes halogenated alkanes) is 2. The summed E-state index contributed by atoms with van der Waals surface area (Å²) in [6.07, 6.45) is 5.00. The number of nitrogens with zero attached hydrogens (tertiary/aromatic N) is 3. The van der Waals surface area contributed by atoms with Crippen molar-refractivity contribution in [3.8, 4) is 11.5 Å². The molecule has 0 bridgehead atoms. The largest absolute Gasteiger partial charge is 0.490 e. The summed E-state index contributed by atoms with van der Waals surface area (Å²) >= 11 is 1.13. The Bertz CT molecular complexity index is 1140. The number of rotatable bonds is 8. The number of fused-ring (bicyclic) bond motifs is 1. The Morgan fingerprint density at radius 2 is 1.96 bits per heavy atom. The molecule has 148 valence electrons. The lowest BCUT2D eigenvalue weighted by Crippen LogP contribution is -2.27. The van der Waals surface area contributed by atoms with Crippen molar-refractivity contribution in [1.29, 1.82) is 0 Å². The van der Waals surface area contributed by atoms with Crippen LogP contribution in [0.3, 0.4) is 0 Å². The van der Waals surface area contributed by atoms with Crippen LogP contribution in [0.2, 0.25) is 0 Å². The van der Waals surface area contributed by atoms with Crippen LogP contribution in [-0.4, -0.2) is 27.8 Å². The highest BCUT2D eigenvalue weighted by Gasteiger charge is 2.10. The Kier molecular flexibility index (Phi) is 6.41. The van der Waals surface area contributed by atoms with Gasteiger partial charge in [0.25, 0.3) is 11.1 Å². The van der Waals surface area contributed by atoms with Crippen molar-refractivity contribution in [3.63, 3.8) is 0 Å². The van der Waals surface area contributed by atoms with Crippen LogP contribution in [0.1, 0.15) is 44.4 Å². The number of benzene rings is 1. The van der Waals surface area contributed by atoms with Crippen molar-refractivity contribution in [1.82, 2.24) is 14.6 Å². The summed E-state index contributed by atoms with van der Waals surface area (Å²) in [6.45, 7) is 6.76. The molecule has 0 aliphatic heterocycles. The third-order valence-corrected chi connectivity index (χ3v) is 5.07. The van der Waals surface area contributed by atoms with E-state index < -0.39 is 5.56 Å². The van der Waals surface area contributed by atoms with E-state index in [1.807, 2.05) is 25.1 Å². The molecule has 0 atom stereocenters. The Balaban J connectivity index is 1.96. The first-order valence-corrected chi connectivity index (χ1v) is 10.2. The predicted molar refractivity (Wildman–Crippen MR) is 110 cm³/mol. The van der Waals surface area contributed by atoms with Gasteiger partial charge in [-0.05, 0) is 44.0 Å². The molecule has 0 aliphatic rings. The number of ether oxygens (including phenoxy) is 2. The molecular weight excluding hydrogens is 378 g/mol. The van der Waals surface area contributed by atoms with Crippen LogP contribution in [-0.2, 0) is 0 Å². The molecular formula is C20H23N3O4S. The molecule has 0 amide bonds. The Morgan fingerprint density at radius 3 is 2.71 bits per heavy atom. The zero-order chi connectivity index (χ0) is 20.1. The van der Waals surface area contributed by atoms with Gasteiger partial charge < -0.3 is 9.47 Å². The van der Waals surface area contributed by atoms with Gasteiger partial charge in [0.2, 0.25) is 4.96 Å². The van der Waals surface area contributed by atoms with Crippen molar-refractivity contribution in [3.05, 3.63) is 54.7 Å². The van der Waals surface area contributed by atoms with Crippen LogP contribution in [0.15, 0.2) is 27.8 Å². The fraction of sp³-hybridized carbons (Fsp3) is 0.400. The molecule has 3 aromatic rings. The van der Waals surface area contributed by atoms with E-state index in [9.17, 15) is 9.59 Å². The minimum absolute atomic E-state index is 0.196. The van der Waals surface area contributed by atoms with E-state index in [0.29, 0.717) is 29.2 Å². The summed E-state index contributed by atoms with van der Waals surface area (Å²) in [4.78, 5) is 28.4. The zero-order valence-electron chi connectivity index (χ0n) is 16.2. The summed E-state index contributed by atoms with van der Waals surface area (Å²) in [5, 5.41) is 4.02. The maximum absolute atomic E-state index is 12.6. The quantitative estimate of drug-likeness (QED) is 0.539. The molecule has 2 heterocycles. The fourth-order valence-electron chi connectivity index (χ4n) is 2.67. The molecule has 0 saturated carbocycles. The molecule has 0 spiro atoms. The number of aromatic nitrogens is 3. The molecule has 3 rings (SSSR count). The van der Waals surface area contributed by atoms with Gasteiger partial charge in [-0.15, -0.1) is 0 Å². The van der Waals surface area contributed by atoms with Crippen LogP contribution < -0.4 is 25.1 Å². The van der Waals surface area contributed by atoms with Crippen LogP contribution in [0, 0.1) is 6.92 Å². The second-order valence-corrected chi connectivity index (χ2v) is 7.32. The van der Waals surface area contributed by atoms with E-state index in [1.54, 1.807) is 6.08 Å². The molecule has 0 N–H and O–H groups in total. The molecule has 0 radical (unpaired) electrons. The van der Waals surface area contributed by atoms with E-state index in [1.165, 1.54) is 11.4 Å². The second kappa shape index (κ2) is 8.97. The van der Waals surface area contributed by atoms with E-state index in [2.05, 4.69) is 17.0 Å². The SMILES string of the molecule is CCCCCOc1ccc(C=c2sc3nc(=O)c(C)nn3c2=O)cc1OCC. The van der Waals surface area contributed by atoms with Crippen molar-refractivity contribution in [2.24, 2.45) is 0 Å². The Labute approximate surface area is 166 Å². The molecule has 2 aromatic heterocycles. The maximum Gasteiger partial charge on any atom is 0.295 e. The molecule has 1 aromatic carbocycles. The second-order valence-electron chi connectivity index (χ2n) is 6.31. The highest BCUT2D eigenvalue weighted by molar-refractivity contribution is 7.15. The highest BCUT2D eigenvalue weighted by Crippen LogP contribution is 2.29. The monoisotopic (exact) mass is 401 g/mol. The first-order valence-electron chi connectivity index (χ1n) is 9.35. The van der Waals surface area contributed by atoms with Gasteiger partial charge in [0.15, 0.2) is 11.5 Å². The maximum atomic E-state index is 12.6. The summed E-state index contributed by atoms with van der Waals surface area (Å²) in [6, 6.07) is 5.57. The molecule has 0 unspecified atom stereocenters. The third-order valence-electron chi connectivity index (χ3n) is 4.11. The standard InChI is InChI=1S/C20H23N3O4S/c1-4-6-7-10-27-15-9-8-14(11-16(15)26-5-2)12-17-19(25)23-20(28-17)21-18(24)13(3)22-23/h8-9,11-12H,4-7,10H2,1-3H3. The minimum Gasteiger partial charge on any atom is -0.490 e. The van der Waals surface area contributed by atoms with E-state index >= 15 is 0 Å². The lowest BCUT2D eigenvalue weighted by Gasteiger charge is -2.12. The van der Waals surface area contributed by atoms with Crippen LogP contribution in [0.25, 0.3) is 11.0 Å². The first-order chi connectivity index (χ1) is 13.5. The first kappa shape index (κ1) is 20.0. The Hall–Kier alpha value is -2.74. The number of hydrogen-bond donors (Lipinski definition) is 0. The minimum atomic E-state index is -0.420. The van der Waals surface area contributed by atoms with Crippen molar-refractivity contribution in [2.45, 2.75) is 40.0 Å². The van der Waals surface area contributed by atoms with Crippen LogP contribution in [0.4, 0.5) is 0 Å².